The van der Waals surface area contributed by atoms with Crippen LogP contribution in [0, 0.1) is 5.92 Å². The van der Waals surface area contributed by atoms with E-state index >= 15 is 0 Å². The number of carbonyl (C=O) groups is 1. The molecule has 1 unspecified atom stereocenters. The molecule has 0 aromatic heterocycles. The van der Waals surface area contributed by atoms with E-state index in [0.717, 1.165) is 11.1 Å². The average Bonchev–Trinajstić information content (AvgIpc) is 2.29. The van der Waals surface area contributed by atoms with Crippen molar-refractivity contribution < 1.29 is 4.79 Å². The maximum absolute atomic E-state index is 11.5. The molecule has 0 N–H and O–H groups in total. The summed E-state index contributed by atoms with van der Waals surface area (Å²) >= 11 is 0. The first-order chi connectivity index (χ1) is 7.36. The Hall–Kier alpha value is -1.96. The molecule has 1 atom stereocenters. The van der Waals surface area contributed by atoms with Crippen LogP contribution in [0.25, 0.3) is 0 Å². The summed E-state index contributed by atoms with van der Waals surface area (Å²) in [6, 6.07) is 0. The normalized spacial score (nSPS) is 26.5. The van der Waals surface area contributed by atoms with Crippen molar-refractivity contribution >= 4 is 12.1 Å². The zero-order chi connectivity index (χ0) is 10.3. The van der Waals surface area contributed by atoms with Gasteiger partial charge >= 0.3 is 0 Å². The molecule has 2 heteroatoms. The SMILES string of the molecule is O=C1N=CC=C2C1=CC=C1C=CC=CC12. The predicted molar refractivity (Wildman–Crippen MR) is 59.5 cm³/mol. The molecule has 2 aliphatic carbocycles. The second-order valence-corrected chi connectivity index (χ2v) is 3.67. The molecule has 0 aromatic rings. The molecule has 0 bridgehead atoms. The van der Waals surface area contributed by atoms with Crippen molar-refractivity contribution in [2.45, 2.75) is 0 Å². The van der Waals surface area contributed by atoms with E-state index in [4.69, 9.17) is 0 Å². The highest BCUT2D eigenvalue weighted by Crippen LogP contribution is 2.35. The Bertz CT molecular complexity index is 513. The number of hydrogen-bond donors (Lipinski definition) is 0. The van der Waals surface area contributed by atoms with Crippen LogP contribution in [0.4, 0.5) is 0 Å². The molecule has 3 rings (SSSR count). The summed E-state index contributed by atoms with van der Waals surface area (Å²) < 4.78 is 0. The van der Waals surface area contributed by atoms with Gasteiger partial charge in [0.15, 0.2) is 0 Å². The predicted octanol–water partition coefficient (Wildman–Crippen LogP) is 2.13. The van der Waals surface area contributed by atoms with Crippen LogP contribution in [0.5, 0.6) is 0 Å². The molecule has 0 spiro atoms. The Labute approximate surface area is 87.7 Å². The van der Waals surface area contributed by atoms with Gasteiger partial charge in [0.25, 0.3) is 5.91 Å². The van der Waals surface area contributed by atoms with Gasteiger partial charge in [0.1, 0.15) is 0 Å². The maximum atomic E-state index is 11.5. The van der Waals surface area contributed by atoms with Crippen molar-refractivity contribution in [2.75, 3.05) is 0 Å². The highest BCUT2D eigenvalue weighted by atomic mass is 16.1. The molecular weight excluding hydrogens is 186 g/mol. The molecule has 3 aliphatic rings. The van der Waals surface area contributed by atoms with E-state index in [-0.39, 0.29) is 11.8 Å². The minimum atomic E-state index is -0.134. The van der Waals surface area contributed by atoms with Crippen molar-refractivity contribution in [3.8, 4) is 0 Å². The number of aliphatic imine (C=N–C) groups is 1. The summed E-state index contributed by atoms with van der Waals surface area (Å²) in [4.78, 5) is 15.3. The van der Waals surface area contributed by atoms with Crippen molar-refractivity contribution in [3.63, 3.8) is 0 Å². The van der Waals surface area contributed by atoms with E-state index in [1.807, 2.05) is 30.4 Å². The van der Waals surface area contributed by atoms with Crippen LogP contribution in [0.1, 0.15) is 0 Å². The third-order valence-electron chi connectivity index (χ3n) is 2.83. The Kier molecular flexibility index (Phi) is 1.68. The lowest BCUT2D eigenvalue weighted by Crippen LogP contribution is -2.18. The molecule has 0 fully saturated rings. The van der Waals surface area contributed by atoms with Crippen molar-refractivity contribution in [1.82, 2.24) is 0 Å². The lowest BCUT2D eigenvalue weighted by molar-refractivity contribution is -0.114. The van der Waals surface area contributed by atoms with E-state index in [2.05, 4.69) is 17.1 Å². The summed E-state index contributed by atoms with van der Waals surface area (Å²) in [5, 5.41) is 0. The van der Waals surface area contributed by atoms with Crippen LogP contribution in [-0.4, -0.2) is 12.1 Å². The molecule has 0 aromatic carbocycles. The number of dihydropyridines is 1. The van der Waals surface area contributed by atoms with Gasteiger partial charge in [-0.25, -0.2) is 4.99 Å². The smallest absolute Gasteiger partial charge is 0.267 e. The van der Waals surface area contributed by atoms with E-state index in [9.17, 15) is 4.79 Å². The van der Waals surface area contributed by atoms with Gasteiger partial charge < -0.3 is 0 Å². The largest absolute Gasteiger partial charge is 0.277 e. The molecule has 1 heterocycles. The number of nitrogens with zero attached hydrogens (tertiary/aromatic N) is 1. The topological polar surface area (TPSA) is 29.4 Å². The van der Waals surface area contributed by atoms with Gasteiger partial charge in [-0.05, 0) is 23.3 Å². The Morgan fingerprint density at radius 2 is 2.07 bits per heavy atom. The zero-order valence-corrected chi connectivity index (χ0v) is 8.05. The number of amides is 1. The average molecular weight is 195 g/mol. The zero-order valence-electron chi connectivity index (χ0n) is 8.05. The molecule has 0 saturated carbocycles. The van der Waals surface area contributed by atoms with Gasteiger partial charge in [-0.1, -0.05) is 30.4 Å². The molecule has 0 saturated heterocycles. The van der Waals surface area contributed by atoms with Gasteiger partial charge in [-0.2, -0.15) is 0 Å². The first-order valence-electron chi connectivity index (χ1n) is 4.92. The Balaban J connectivity index is 2.16. The number of rotatable bonds is 0. The summed E-state index contributed by atoms with van der Waals surface area (Å²) in [7, 11) is 0. The highest BCUT2D eigenvalue weighted by molar-refractivity contribution is 6.08. The summed E-state index contributed by atoms with van der Waals surface area (Å²) in [5.74, 6) is 0.0939. The van der Waals surface area contributed by atoms with E-state index in [1.165, 1.54) is 5.57 Å². The minimum absolute atomic E-state index is 0.134. The van der Waals surface area contributed by atoms with Crippen molar-refractivity contribution in [1.29, 1.82) is 0 Å². The van der Waals surface area contributed by atoms with Gasteiger partial charge in [-0.15, -0.1) is 0 Å². The second kappa shape index (κ2) is 3.02. The monoisotopic (exact) mass is 195 g/mol. The van der Waals surface area contributed by atoms with Gasteiger partial charge in [0.05, 0.1) is 0 Å². The lowest BCUT2D eigenvalue weighted by Gasteiger charge is -2.25. The van der Waals surface area contributed by atoms with E-state index in [0.29, 0.717) is 0 Å². The van der Waals surface area contributed by atoms with Crippen LogP contribution in [0.3, 0.4) is 0 Å². The molecule has 1 aliphatic heterocycles. The molecule has 2 nitrogen and oxygen atoms in total. The van der Waals surface area contributed by atoms with Crippen LogP contribution >= 0.6 is 0 Å². The first kappa shape index (κ1) is 8.36. The molecule has 1 amide bonds. The number of hydrogen-bond acceptors (Lipinski definition) is 1. The minimum Gasteiger partial charge on any atom is -0.267 e. The van der Waals surface area contributed by atoms with Crippen LogP contribution in [0.15, 0.2) is 64.2 Å². The molecular formula is C13H9NO. The third kappa shape index (κ3) is 1.18. The van der Waals surface area contributed by atoms with Crippen LogP contribution in [-0.2, 0) is 4.79 Å². The lowest BCUT2D eigenvalue weighted by atomic mass is 9.79. The van der Waals surface area contributed by atoms with Crippen molar-refractivity contribution in [2.24, 2.45) is 10.9 Å². The fraction of sp³-hybridized carbons (Fsp3) is 0.0769. The molecule has 15 heavy (non-hydrogen) atoms. The summed E-state index contributed by atoms with van der Waals surface area (Å²) in [6.45, 7) is 0. The van der Waals surface area contributed by atoms with E-state index < -0.39 is 0 Å². The summed E-state index contributed by atoms with van der Waals surface area (Å²) in [5.41, 5.74) is 3.02. The number of fused-ring (bicyclic) bond motifs is 3. The van der Waals surface area contributed by atoms with Gasteiger partial charge in [0, 0.05) is 17.7 Å². The standard InChI is InChI=1S/C13H9NO/c15-13-12-6-5-9-3-1-2-4-10(9)11(12)7-8-14-13/h1-8,10H. The van der Waals surface area contributed by atoms with Crippen LogP contribution < -0.4 is 0 Å². The number of carbonyl (C=O) groups excluding carboxylic acids is 1. The second-order valence-electron chi connectivity index (χ2n) is 3.67. The fourth-order valence-electron chi connectivity index (χ4n) is 2.09. The van der Waals surface area contributed by atoms with Crippen LogP contribution in [0.2, 0.25) is 0 Å². The van der Waals surface area contributed by atoms with E-state index in [1.54, 1.807) is 6.21 Å². The van der Waals surface area contributed by atoms with Gasteiger partial charge in [-0.3, -0.25) is 4.79 Å². The Morgan fingerprint density at radius 3 is 3.00 bits per heavy atom. The third-order valence-corrected chi connectivity index (χ3v) is 2.83. The summed E-state index contributed by atoms with van der Waals surface area (Å²) in [6.07, 6.45) is 15.6. The maximum Gasteiger partial charge on any atom is 0.277 e. The highest BCUT2D eigenvalue weighted by Gasteiger charge is 2.27. The van der Waals surface area contributed by atoms with Gasteiger partial charge in [0.2, 0.25) is 0 Å². The van der Waals surface area contributed by atoms with Crippen molar-refractivity contribution in [3.05, 3.63) is 59.3 Å². The number of allylic oxidation sites excluding steroid dienone is 8. The quantitative estimate of drug-likeness (QED) is 0.582. The molecule has 72 valence electrons. The first-order valence-corrected chi connectivity index (χ1v) is 4.92. The molecule has 0 radical (unpaired) electrons. The Morgan fingerprint density at radius 1 is 1.13 bits per heavy atom. The fourth-order valence-corrected chi connectivity index (χ4v) is 2.09.